The summed E-state index contributed by atoms with van der Waals surface area (Å²) in [4.78, 5) is 3.72. The van der Waals surface area contributed by atoms with E-state index < -0.39 is 17.6 Å². The molecule has 2 N–H and O–H groups in total. The summed E-state index contributed by atoms with van der Waals surface area (Å²) in [6.45, 7) is 0.805. The lowest BCUT2D eigenvalue weighted by molar-refractivity contribution is -0.189. The summed E-state index contributed by atoms with van der Waals surface area (Å²) in [5.74, 6) is -0.581. The Morgan fingerprint density at radius 3 is 2.59 bits per heavy atom. The monoisotopic (exact) mass is 264 g/mol. The molecule has 2 rings (SSSR count). The molecule has 0 aliphatic carbocycles. The Morgan fingerprint density at radius 2 is 2.00 bits per heavy atom. The van der Waals surface area contributed by atoms with Gasteiger partial charge in [0.15, 0.2) is 11.1 Å². The zero-order valence-corrected chi connectivity index (χ0v) is 9.43. The van der Waals surface area contributed by atoms with E-state index in [0.717, 1.165) is 6.92 Å². The molecule has 0 saturated heterocycles. The van der Waals surface area contributed by atoms with Crippen LogP contribution < -0.4 is 5.73 Å². The van der Waals surface area contributed by atoms with Crippen molar-refractivity contribution in [3.63, 3.8) is 0 Å². The van der Waals surface area contributed by atoms with Crippen LogP contribution in [0.4, 0.5) is 13.2 Å². The van der Waals surface area contributed by atoms with Crippen molar-refractivity contribution in [2.75, 3.05) is 0 Å². The van der Waals surface area contributed by atoms with E-state index in [1.165, 1.54) is 18.2 Å². The van der Waals surface area contributed by atoms with Crippen molar-refractivity contribution in [1.29, 1.82) is 0 Å². The maximum absolute atomic E-state index is 12.7. The molecule has 1 aromatic carbocycles. The predicted octanol–water partition coefficient (Wildman–Crippen LogP) is 3.22. The second-order valence-corrected chi connectivity index (χ2v) is 4.27. The molecule has 0 radical (unpaired) electrons. The predicted molar refractivity (Wildman–Crippen MR) is 56.6 cm³/mol. The van der Waals surface area contributed by atoms with Crippen LogP contribution in [0.5, 0.6) is 0 Å². The number of nitrogens with zero attached hydrogens (tertiary/aromatic N) is 1. The summed E-state index contributed by atoms with van der Waals surface area (Å²) in [5.41, 5.74) is 3.03. The second-order valence-electron chi connectivity index (χ2n) is 3.83. The molecule has 3 nitrogen and oxygen atoms in total. The lowest BCUT2D eigenvalue weighted by Gasteiger charge is -2.23. The SMILES string of the molecule is CC(N)(c1nc2ccc(Cl)cc2o1)C(F)(F)F. The fraction of sp³-hybridized carbons (Fsp3) is 0.300. The van der Waals surface area contributed by atoms with Crippen LogP contribution in [-0.2, 0) is 5.54 Å². The molecule has 0 amide bonds. The number of benzene rings is 1. The van der Waals surface area contributed by atoms with Gasteiger partial charge in [-0.3, -0.25) is 0 Å². The average Bonchev–Trinajstić information content (AvgIpc) is 2.58. The van der Waals surface area contributed by atoms with Gasteiger partial charge in [-0.05, 0) is 19.1 Å². The first-order valence-electron chi connectivity index (χ1n) is 4.64. The number of nitrogens with two attached hydrogens (primary N) is 1. The minimum atomic E-state index is -4.64. The molecule has 0 saturated carbocycles. The number of rotatable bonds is 1. The van der Waals surface area contributed by atoms with Crippen LogP contribution in [0, 0.1) is 0 Å². The number of oxazole rings is 1. The van der Waals surface area contributed by atoms with Gasteiger partial charge >= 0.3 is 6.18 Å². The van der Waals surface area contributed by atoms with Crippen molar-refractivity contribution in [3.05, 3.63) is 29.1 Å². The van der Waals surface area contributed by atoms with Gasteiger partial charge in [-0.25, -0.2) is 4.98 Å². The maximum Gasteiger partial charge on any atom is 0.415 e. The van der Waals surface area contributed by atoms with Crippen molar-refractivity contribution in [2.24, 2.45) is 5.73 Å². The van der Waals surface area contributed by atoms with Gasteiger partial charge in [-0.15, -0.1) is 0 Å². The van der Waals surface area contributed by atoms with Crippen LogP contribution in [0.1, 0.15) is 12.8 Å². The normalized spacial score (nSPS) is 16.1. The standard InChI is InChI=1S/C10H8ClF3N2O/c1-9(15,10(12,13)14)8-16-6-3-2-5(11)4-7(6)17-8/h2-4H,15H2,1H3. The van der Waals surface area contributed by atoms with Gasteiger partial charge in [0.25, 0.3) is 0 Å². The summed E-state index contributed by atoms with van der Waals surface area (Å²) in [6, 6.07) is 4.37. The number of fused-ring (bicyclic) bond motifs is 1. The molecule has 0 aliphatic rings. The molecular weight excluding hydrogens is 257 g/mol. The molecule has 1 aromatic heterocycles. The quantitative estimate of drug-likeness (QED) is 0.860. The second kappa shape index (κ2) is 3.61. The van der Waals surface area contributed by atoms with E-state index in [2.05, 4.69) is 4.98 Å². The molecular formula is C10H8ClF3N2O. The first-order valence-corrected chi connectivity index (χ1v) is 5.02. The third kappa shape index (κ3) is 1.98. The molecule has 0 bridgehead atoms. The van der Waals surface area contributed by atoms with Crippen LogP contribution >= 0.6 is 11.6 Å². The van der Waals surface area contributed by atoms with E-state index in [9.17, 15) is 13.2 Å². The van der Waals surface area contributed by atoms with Crippen molar-refractivity contribution in [2.45, 2.75) is 18.6 Å². The smallest absolute Gasteiger partial charge is 0.415 e. The molecule has 1 unspecified atom stereocenters. The number of alkyl halides is 3. The number of hydrogen-bond acceptors (Lipinski definition) is 3. The highest BCUT2D eigenvalue weighted by molar-refractivity contribution is 6.31. The molecule has 0 spiro atoms. The van der Waals surface area contributed by atoms with E-state index >= 15 is 0 Å². The molecule has 1 heterocycles. The van der Waals surface area contributed by atoms with Gasteiger partial charge in [-0.2, -0.15) is 13.2 Å². The van der Waals surface area contributed by atoms with E-state index in [0.29, 0.717) is 5.02 Å². The molecule has 0 aliphatic heterocycles. The number of hydrogen-bond donors (Lipinski definition) is 1. The van der Waals surface area contributed by atoms with Gasteiger partial charge in [-0.1, -0.05) is 11.6 Å². The Kier molecular flexibility index (Phi) is 2.59. The minimum Gasteiger partial charge on any atom is -0.438 e. The van der Waals surface area contributed by atoms with Gasteiger partial charge in [0.05, 0.1) is 0 Å². The number of aromatic nitrogens is 1. The van der Waals surface area contributed by atoms with Crippen LogP contribution in [0.15, 0.2) is 22.6 Å². The molecule has 2 aromatic rings. The van der Waals surface area contributed by atoms with E-state index in [1.807, 2.05) is 0 Å². The number of halogens is 4. The minimum absolute atomic E-state index is 0.174. The maximum atomic E-state index is 12.7. The van der Waals surface area contributed by atoms with Crippen molar-refractivity contribution >= 4 is 22.7 Å². The van der Waals surface area contributed by atoms with Crippen molar-refractivity contribution in [3.8, 4) is 0 Å². The highest BCUT2D eigenvalue weighted by atomic mass is 35.5. The molecule has 0 fully saturated rings. The zero-order chi connectivity index (χ0) is 12.8. The highest BCUT2D eigenvalue weighted by Gasteiger charge is 2.53. The van der Waals surface area contributed by atoms with Crippen LogP contribution in [0.3, 0.4) is 0 Å². The summed E-state index contributed by atoms with van der Waals surface area (Å²) >= 11 is 5.69. The first kappa shape index (κ1) is 12.2. The van der Waals surface area contributed by atoms with Gasteiger partial charge in [0.1, 0.15) is 5.52 Å². The summed E-state index contributed by atoms with van der Waals surface area (Å²) in [5, 5.41) is 0.353. The first-order chi connectivity index (χ1) is 7.72. The van der Waals surface area contributed by atoms with Gasteiger partial charge in [0.2, 0.25) is 5.89 Å². The summed E-state index contributed by atoms with van der Waals surface area (Å²) < 4.78 is 43.0. The summed E-state index contributed by atoms with van der Waals surface area (Å²) in [7, 11) is 0. The van der Waals surface area contributed by atoms with Gasteiger partial charge < -0.3 is 10.2 Å². The molecule has 92 valence electrons. The topological polar surface area (TPSA) is 52.0 Å². The van der Waals surface area contributed by atoms with Crippen LogP contribution in [-0.4, -0.2) is 11.2 Å². The Hall–Kier alpha value is -1.27. The highest BCUT2D eigenvalue weighted by Crippen LogP contribution is 2.37. The largest absolute Gasteiger partial charge is 0.438 e. The fourth-order valence-corrected chi connectivity index (χ4v) is 1.40. The zero-order valence-electron chi connectivity index (χ0n) is 8.68. The Bertz CT molecular complexity index is 562. The summed E-state index contributed by atoms with van der Waals surface area (Å²) in [6.07, 6.45) is -4.64. The van der Waals surface area contributed by atoms with Gasteiger partial charge in [0, 0.05) is 11.1 Å². The molecule has 1 atom stereocenters. The van der Waals surface area contributed by atoms with E-state index in [1.54, 1.807) is 0 Å². The Morgan fingerprint density at radius 1 is 1.35 bits per heavy atom. The Balaban J connectivity index is 2.57. The fourth-order valence-electron chi connectivity index (χ4n) is 1.24. The van der Waals surface area contributed by atoms with Crippen molar-refractivity contribution < 1.29 is 17.6 Å². The molecule has 7 heteroatoms. The third-order valence-electron chi connectivity index (χ3n) is 2.38. The van der Waals surface area contributed by atoms with Crippen LogP contribution in [0.2, 0.25) is 5.02 Å². The van der Waals surface area contributed by atoms with Crippen LogP contribution in [0.25, 0.3) is 11.1 Å². The van der Waals surface area contributed by atoms with Crippen molar-refractivity contribution in [1.82, 2.24) is 4.98 Å². The van der Waals surface area contributed by atoms with E-state index in [4.69, 9.17) is 21.8 Å². The lowest BCUT2D eigenvalue weighted by Crippen LogP contribution is -2.47. The average molecular weight is 265 g/mol. The third-order valence-corrected chi connectivity index (χ3v) is 2.62. The van der Waals surface area contributed by atoms with E-state index in [-0.39, 0.29) is 11.1 Å². The lowest BCUT2D eigenvalue weighted by atomic mass is 10.0. The Labute approximate surface area is 99.4 Å². The molecule has 17 heavy (non-hydrogen) atoms.